The van der Waals surface area contributed by atoms with Gasteiger partial charge in [0.2, 0.25) is 0 Å². The van der Waals surface area contributed by atoms with E-state index < -0.39 is 22.4 Å². The molecule has 0 unspecified atom stereocenters. The van der Waals surface area contributed by atoms with Gasteiger partial charge >= 0.3 is 5.97 Å². The Labute approximate surface area is 110 Å². The molecule has 0 N–H and O–H groups in total. The number of nitrogens with zero attached hydrogens (tertiary/aromatic N) is 1. The fourth-order valence-corrected chi connectivity index (χ4v) is 1.36. The van der Waals surface area contributed by atoms with Crippen molar-refractivity contribution in [2.75, 3.05) is 6.61 Å². The van der Waals surface area contributed by atoms with Crippen molar-refractivity contribution in [2.24, 2.45) is 5.41 Å². The van der Waals surface area contributed by atoms with E-state index in [1.165, 1.54) is 0 Å². The van der Waals surface area contributed by atoms with Crippen LogP contribution in [0.2, 0.25) is 0 Å². The summed E-state index contributed by atoms with van der Waals surface area (Å²) >= 11 is 0. The average Bonchev–Trinajstić information content (AvgIpc) is 2.26. The summed E-state index contributed by atoms with van der Waals surface area (Å²) in [6.07, 6.45) is 0.613. The second kappa shape index (κ2) is 5.77. The summed E-state index contributed by atoms with van der Waals surface area (Å²) in [6, 6.07) is 2.71. The van der Waals surface area contributed by atoms with Gasteiger partial charge in [-0.25, -0.2) is 9.18 Å². The number of benzene rings is 1. The minimum atomic E-state index is -0.879. The van der Waals surface area contributed by atoms with Crippen molar-refractivity contribution in [1.29, 1.82) is 0 Å². The molecule has 0 aliphatic heterocycles. The second-order valence-corrected chi connectivity index (χ2v) is 5.37. The summed E-state index contributed by atoms with van der Waals surface area (Å²) in [5.41, 5.74) is -0.838. The van der Waals surface area contributed by atoms with Crippen molar-refractivity contribution < 1.29 is 18.8 Å². The van der Waals surface area contributed by atoms with Crippen LogP contribution in [-0.2, 0) is 4.74 Å². The highest BCUT2D eigenvalue weighted by Crippen LogP contribution is 2.22. The van der Waals surface area contributed by atoms with Crippen LogP contribution in [0, 0.1) is 21.3 Å². The topological polar surface area (TPSA) is 69.4 Å². The molecule has 6 heteroatoms. The number of nitro benzene ring substituents is 1. The Balaban J connectivity index is 2.81. The molecule has 0 saturated carbocycles. The Hall–Kier alpha value is -1.98. The number of carbonyl (C=O) groups excluding carboxylic acids is 1. The number of nitro groups is 1. The lowest BCUT2D eigenvalue weighted by Gasteiger charge is -2.17. The smallest absolute Gasteiger partial charge is 0.345 e. The first-order valence-corrected chi connectivity index (χ1v) is 5.82. The van der Waals surface area contributed by atoms with E-state index in [4.69, 9.17) is 4.74 Å². The molecular formula is C13H16FNO4. The third-order valence-electron chi connectivity index (χ3n) is 2.46. The summed E-state index contributed by atoms with van der Waals surface area (Å²) in [5.74, 6) is -1.59. The van der Waals surface area contributed by atoms with E-state index in [1.54, 1.807) is 0 Å². The minimum absolute atomic E-state index is 0.0197. The lowest BCUT2D eigenvalue weighted by molar-refractivity contribution is -0.385. The maximum atomic E-state index is 13.1. The maximum absolute atomic E-state index is 13.1. The molecule has 0 bridgehead atoms. The van der Waals surface area contributed by atoms with Gasteiger partial charge in [0.05, 0.1) is 11.5 Å². The van der Waals surface area contributed by atoms with Gasteiger partial charge in [-0.05, 0) is 24.0 Å². The van der Waals surface area contributed by atoms with Crippen LogP contribution in [-0.4, -0.2) is 17.5 Å². The van der Waals surface area contributed by atoms with Crippen molar-refractivity contribution in [2.45, 2.75) is 27.2 Å². The molecule has 0 atom stereocenters. The zero-order valence-corrected chi connectivity index (χ0v) is 11.1. The van der Waals surface area contributed by atoms with Crippen LogP contribution in [0.15, 0.2) is 18.2 Å². The van der Waals surface area contributed by atoms with Gasteiger partial charge in [-0.3, -0.25) is 10.1 Å². The van der Waals surface area contributed by atoms with Gasteiger partial charge in [0.15, 0.2) is 0 Å². The Bertz CT molecular complexity index is 494. The van der Waals surface area contributed by atoms with Crippen LogP contribution in [0.25, 0.3) is 0 Å². The van der Waals surface area contributed by atoms with E-state index in [2.05, 4.69) is 0 Å². The highest BCUT2D eigenvalue weighted by molar-refractivity contribution is 5.93. The van der Waals surface area contributed by atoms with E-state index in [-0.39, 0.29) is 17.6 Å². The standard InChI is InChI=1S/C13H16FNO4/c1-13(2,3)6-7-19-12(16)10-8-9(14)4-5-11(10)15(17)18/h4-5,8H,6-7H2,1-3H3. The van der Waals surface area contributed by atoms with E-state index in [0.717, 1.165) is 18.2 Å². The minimum Gasteiger partial charge on any atom is -0.462 e. The maximum Gasteiger partial charge on any atom is 0.345 e. The van der Waals surface area contributed by atoms with E-state index in [0.29, 0.717) is 6.42 Å². The number of rotatable bonds is 4. The molecule has 0 aromatic heterocycles. The number of esters is 1. The Morgan fingerprint density at radius 2 is 2.05 bits per heavy atom. The number of halogens is 1. The van der Waals surface area contributed by atoms with Crippen molar-refractivity contribution in [1.82, 2.24) is 0 Å². The zero-order chi connectivity index (χ0) is 14.6. The molecule has 104 valence electrons. The quantitative estimate of drug-likeness (QED) is 0.477. The first kappa shape index (κ1) is 15.1. The summed E-state index contributed by atoms with van der Waals surface area (Å²) in [5, 5.41) is 10.7. The molecule has 0 spiro atoms. The summed E-state index contributed by atoms with van der Waals surface area (Å²) < 4.78 is 18.0. The third-order valence-corrected chi connectivity index (χ3v) is 2.46. The molecule has 19 heavy (non-hydrogen) atoms. The Kier molecular flexibility index (Phi) is 4.58. The SMILES string of the molecule is CC(C)(C)CCOC(=O)c1cc(F)ccc1[N+](=O)[O-]. The third kappa shape index (κ3) is 4.65. The zero-order valence-electron chi connectivity index (χ0n) is 11.1. The number of hydrogen-bond acceptors (Lipinski definition) is 4. The van der Waals surface area contributed by atoms with Crippen molar-refractivity contribution in [3.05, 3.63) is 39.7 Å². The summed E-state index contributed by atoms with van der Waals surface area (Å²) in [4.78, 5) is 21.7. The lowest BCUT2D eigenvalue weighted by atomic mass is 9.93. The van der Waals surface area contributed by atoms with Gasteiger partial charge in [-0.15, -0.1) is 0 Å². The first-order valence-electron chi connectivity index (χ1n) is 5.82. The Morgan fingerprint density at radius 1 is 1.42 bits per heavy atom. The number of hydrogen-bond donors (Lipinski definition) is 0. The average molecular weight is 269 g/mol. The van der Waals surface area contributed by atoms with Crippen LogP contribution in [0.3, 0.4) is 0 Å². The molecule has 1 aromatic carbocycles. The van der Waals surface area contributed by atoms with Gasteiger partial charge in [0, 0.05) is 6.07 Å². The fourth-order valence-electron chi connectivity index (χ4n) is 1.36. The second-order valence-electron chi connectivity index (χ2n) is 5.37. The van der Waals surface area contributed by atoms with Gasteiger partial charge in [-0.1, -0.05) is 20.8 Å². The van der Waals surface area contributed by atoms with Gasteiger partial charge in [-0.2, -0.15) is 0 Å². The van der Waals surface area contributed by atoms with Crippen LogP contribution in [0.1, 0.15) is 37.6 Å². The van der Waals surface area contributed by atoms with Gasteiger partial charge in [0.1, 0.15) is 11.4 Å². The molecule has 0 saturated heterocycles. The first-order chi connectivity index (χ1) is 8.70. The monoisotopic (exact) mass is 269 g/mol. The summed E-state index contributed by atoms with van der Waals surface area (Å²) in [7, 11) is 0. The highest BCUT2D eigenvalue weighted by atomic mass is 19.1. The molecule has 0 aliphatic carbocycles. The highest BCUT2D eigenvalue weighted by Gasteiger charge is 2.22. The molecule has 0 aliphatic rings. The number of ether oxygens (including phenoxy) is 1. The van der Waals surface area contributed by atoms with Crippen LogP contribution in [0.4, 0.5) is 10.1 Å². The van der Waals surface area contributed by atoms with Crippen LogP contribution < -0.4 is 0 Å². The molecule has 1 aromatic rings. The van der Waals surface area contributed by atoms with Crippen molar-refractivity contribution >= 4 is 11.7 Å². The van der Waals surface area contributed by atoms with E-state index in [1.807, 2.05) is 20.8 Å². The van der Waals surface area contributed by atoms with Gasteiger partial charge < -0.3 is 4.74 Å². The molecule has 1 rings (SSSR count). The normalized spacial score (nSPS) is 11.2. The predicted octanol–water partition coefficient (Wildman–Crippen LogP) is 3.33. The summed E-state index contributed by atoms with van der Waals surface area (Å²) in [6.45, 7) is 6.07. The fraction of sp³-hybridized carbons (Fsp3) is 0.462. The molecule has 0 amide bonds. The van der Waals surface area contributed by atoms with Crippen LogP contribution >= 0.6 is 0 Å². The lowest BCUT2D eigenvalue weighted by Crippen LogP contribution is -2.14. The molecule has 0 fully saturated rings. The van der Waals surface area contributed by atoms with Crippen LogP contribution in [0.5, 0.6) is 0 Å². The Morgan fingerprint density at radius 3 is 2.58 bits per heavy atom. The molecule has 5 nitrogen and oxygen atoms in total. The van der Waals surface area contributed by atoms with E-state index in [9.17, 15) is 19.3 Å². The molecule has 0 radical (unpaired) electrons. The van der Waals surface area contributed by atoms with Crippen molar-refractivity contribution in [3.8, 4) is 0 Å². The molecular weight excluding hydrogens is 253 g/mol. The van der Waals surface area contributed by atoms with Crippen molar-refractivity contribution in [3.63, 3.8) is 0 Å². The number of carbonyl (C=O) groups is 1. The molecule has 0 heterocycles. The van der Waals surface area contributed by atoms with E-state index >= 15 is 0 Å². The van der Waals surface area contributed by atoms with Gasteiger partial charge in [0.25, 0.3) is 5.69 Å². The largest absolute Gasteiger partial charge is 0.462 e. The predicted molar refractivity (Wildman–Crippen MR) is 67.4 cm³/mol.